The molecule has 0 atom stereocenters. The molecular formula is C27H41F. The molecule has 3 fully saturated rings. The van der Waals surface area contributed by atoms with Gasteiger partial charge in [0.1, 0.15) is 5.82 Å². The molecule has 0 spiro atoms. The number of benzene rings is 1. The molecule has 3 aliphatic carbocycles. The maximum Gasteiger partial charge on any atom is 0.126 e. The summed E-state index contributed by atoms with van der Waals surface area (Å²) in [6, 6.07) is 6.31. The van der Waals surface area contributed by atoms with E-state index < -0.39 is 0 Å². The fraction of sp³-hybridized carbons (Fsp3) is 0.778. The van der Waals surface area contributed by atoms with Crippen molar-refractivity contribution in [3.8, 4) is 0 Å². The molecule has 4 rings (SSSR count). The summed E-state index contributed by atoms with van der Waals surface area (Å²) in [6.07, 6.45) is 17.3. The first kappa shape index (κ1) is 20.4. The molecule has 0 N–H and O–H groups in total. The minimum Gasteiger partial charge on any atom is -0.207 e. The van der Waals surface area contributed by atoms with E-state index in [-0.39, 0.29) is 5.82 Å². The van der Waals surface area contributed by atoms with E-state index in [9.17, 15) is 0 Å². The van der Waals surface area contributed by atoms with Crippen molar-refractivity contribution in [2.24, 2.45) is 23.7 Å². The van der Waals surface area contributed by atoms with E-state index >= 15 is 4.39 Å². The number of hydrogen-bond acceptors (Lipinski definition) is 0. The van der Waals surface area contributed by atoms with Crippen molar-refractivity contribution in [1.29, 1.82) is 0 Å². The van der Waals surface area contributed by atoms with Crippen LogP contribution < -0.4 is 0 Å². The molecule has 3 aliphatic rings. The van der Waals surface area contributed by atoms with Crippen molar-refractivity contribution < 1.29 is 4.39 Å². The monoisotopic (exact) mass is 384 g/mol. The maximum absolute atomic E-state index is 15.0. The van der Waals surface area contributed by atoms with Crippen molar-refractivity contribution in [3.05, 3.63) is 35.1 Å². The molecule has 0 aromatic heterocycles. The topological polar surface area (TPSA) is 0 Å². The quantitative estimate of drug-likeness (QED) is 0.487. The molecule has 0 heterocycles. The Kier molecular flexibility index (Phi) is 6.79. The van der Waals surface area contributed by atoms with E-state index in [1.54, 1.807) is 0 Å². The van der Waals surface area contributed by atoms with Crippen LogP contribution in [0.25, 0.3) is 0 Å². The zero-order valence-corrected chi connectivity index (χ0v) is 18.3. The fourth-order valence-electron chi connectivity index (χ4n) is 6.69. The third-order valence-electron chi connectivity index (χ3n) is 8.86. The van der Waals surface area contributed by atoms with Gasteiger partial charge >= 0.3 is 0 Å². The van der Waals surface area contributed by atoms with Gasteiger partial charge in [0.15, 0.2) is 0 Å². The second-order valence-electron chi connectivity index (χ2n) is 10.5. The summed E-state index contributed by atoms with van der Waals surface area (Å²) in [5.41, 5.74) is 2.27. The van der Waals surface area contributed by atoms with Gasteiger partial charge in [0.25, 0.3) is 0 Å². The zero-order chi connectivity index (χ0) is 19.5. The van der Waals surface area contributed by atoms with E-state index in [4.69, 9.17) is 0 Å². The highest BCUT2D eigenvalue weighted by atomic mass is 19.1. The summed E-state index contributed by atoms with van der Waals surface area (Å²) in [5, 5.41) is 0. The molecule has 0 radical (unpaired) electrons. The lowest BCUT2D eigenvalue weighted by Gasteiger charge is -2.38. The van der Waals surface area contributed by atoms with Crippen LogP contribution in [0.2, 0.25) is 0 Å². The Morgan fingerprint density at radius 1 is 0.750 bits per heavy atom. The highest BCUT2D eigenvalue weighted by Gasteiger charge is 2.32. The third-order valence-corrected chi connectivity index (χ3v) is 8.86. The average molecular weight is 385 g/mol. The Morgan fingerprint density at radius 2 is 1.32 bits per heavy atom. The van der Waals surface area contributed by atoms with E-state index in [1.165, 1.54) is 89.0 Å². The van der Waals surface area contributed by atoms with Crippen LogP contribution in [0.15, 0.2) is 18.2 Å². The molecular weight excluding hydrogens is 343 g/mol. The van der Waals surface area contributed by atoms with Crippen LogP contribution in [0.1, 0.15) is 120 Å². The highest BCUT2D eigenvalue weighted by Crippen LogP contribution is 2.45. The second-order valence-corrected chi connectivity index (χ2v) is 10.5. The largest absolute Gasteiger partial charge is 0.207 e. The molecule has 0 nitrogen and oxygen atoms in total. The van der Waals surface area contributed by atoms with Crippen LogP contribution in [0.4, 0.5) is 4.39 Å². The Hall–Kier alpha value is -0.850. The number of hydrogen-bond donors (Lipinski definition) is 0. The molecule has 0 bridgehead atoms. The van der Waals surface area contributed by atoms with E-state index in [1.807, 2.05) is 6.07 Å². The predicted molar refractivity (Wildman–Crippen MR) is 117 cm³/mol. The molecule has 3 saturated carbocycles. The third kappa shape index (κ3) is 4.65. The molecule has 0 saturated heterocycles. The van der Waals surface area contributed by atoms with Crippen LogP contribution in [0.3, 0.4) is 0 Å². The van der Waals surface area contributed by atoms with Crippen LogP contribution in [0, 0.1) is 29.5 Å². The summed E-state index contributed by atoms with van der Waals surface area (Å²) in [4.78, 5) is 0. The first-order valence-corrected chi connectivity index (χ1v) is 12.4. The normalized spacial score (nSPS) is 37.0. The van der Waals surface area contributed by atoms with Crippen LogP contribution in [-0.2, 0) is 0 Å². The van der Waals surface area contributed by atoms with Gasteiger partial charge in [0, 0.05) is 0 Å². The first-order valence-electron chi connectivity index (χ1n) is 12.4. The Balaban J connectivity index is 1.32. The minimum atomic E-state index is 0.0861. The van der Waals surface area contributed by atoms with Gasteiger partial charge in [-0.25, -0.2) is 4.39 Å². The van der Waals surface area contributed by atoms with Crippen molar-refractivity contribution in [2.75, 3.05) is 0 Å². The van der Waals surface area contributed by atoms with E-state index in [0.29, 0.717) is 11.8 Å². The van der Waals surface area contributed by atoms with Gasteiger partial charge < -0.3 is 0 Å². The van der Waals surface area contributed by atoms with Crippen molar-refractivity contribution in [2.45, 2.75) is 109 Å². The fourth-order valence-corrected chi connectivity index (χ4v) is 6.69. The zero-order valence-electron chi connectivity index (χ0n) is 18.3. The molecule has 0 aliphatic heterocycles. The van der Waals surface area contributed by atoms with Gasteiger partial charge in [-0.05, 0) is 104 Å². The maximum atomic E-state index is 15.0. The van der Waals surface area contributed by atoms with E-state index in [0.717, 1.165) is 29.2 Å². The van der Waals surface area contributed by atoms with Crippen LogP contribution in [-0.4, -0.2) is 0 Å². The van der Waals surface area contributed by atoms with Gasteiger partial charge in [0.2, 0.25) is 0 Å². The van der Waals surface area contributed by atoms with Crippen molar-refractivity contribution in [3.63, 3.8) is 0 Å². The smallest absolute Gasteiger partial charge is 0.126 e. The Morgan fingerprint density at radius 3 is 1.89 bits per heavy atom. The Bertz CT molecular complexity index is 611. The van der Waals surface area contributed by atoms with Crippen molar-refractivity contribution >= 4 is 0 Å². The number of rotatable bonds is 4. The van der Waals surface area contributed by atoms with Gasteiger partial charge in [0.05, 0.1) is 0 Å². The van der Waals surface area contributed by atoms with Gasteiger partial charge in [-0.15, -0.1) is 0 Å². The first-order chi connectivity index (χ1) is 13.6. The van der Waals surface area contributed by atoms with E-state index in [2.05, 4.69) is 26.0 Å². The summed E-state index contributed by atoms with van der Waals surface area (Å²) in [5.74, 6) is 4.87. The van der Waals surface area contributed by atoms with Crippen molar-refractivity contribution in [1.82, 2.24) is 0 Å². The standard InChI is InChI=1S/C27H41F/c1-3-20-6-10-21(11-7-20)22-12-14-24(15-13-22)26-17-16-25(18-27(26)28)23-8-4-19(2)5-9-23/h16-24H,3-15H2,1-2H3. The number of halogens is 1. The molecule has 1 aromatic rings. The van der Waals surface area contributed by atoms with Gasteiger partial charge in [-0.1, -0.05) is 58.1 Å². The summed E-state index contributed by atoms with van der Waals surface area (Å²) in [7, 11) is 0. The predicted octanol–water partition coefficient (Wildman–Crippen LogP) is 8.61. The second kappa shape index (κ2) is 9.31. The van der Waals surface area contributed by atoms with Crippen LogP contribution >= 0.6 is 0 Å². The molecule has 28 heavy (non-hydrogen) atoms. The molecule has 156 valence electrons. The summed E-state index contributed by atoms with van der Waals surface area (Å²) >= 11 is 0. The molecule has 1 aromatic carbocycles. The van der Waals surface area contributed by atoms with Gasteiger partial charge in [-0.2, -0.15) is 0 Å². The average Bonchev–Trinajstić information content (AvgIpc) is 2.74. The lowest BCUT2D eigenvalue weighted by molar-refractivity contribution is 0.158. The lowest BCUT2D eigenvalue weighted by Crippen LogP contribution is -2.25. The van der Waals surface area contributed by atoms with Crippen LogP contribution in [0.5, 0.6) is 0 Å². The molecule has 0 amide bonds. The Labute approximate surface area is 172 Å². The molecule has 0 unspecified atom stereocenters. The summed E-state index contributed by atoms with van der Waals surface area (Å²) < 4.78 is 15.0. The highest BCUT2D eigenvalue weighted by molar-refractivity contribution is 5.30. The summed E-state index contributed by atoms with van der Waals surface area (Å²) in [6.45, 7) is 4.70. The SMILES string of the molecule is CCC1CCC(C2CCC(c3ccc(C4CCC(C)CC4)cc3F)CC2)CC1. The minimum absolute atomic E-state index is 0.0861. The lowest BCUT2D eigenvalue weighted by atomic mass is 9.68. The molecule has 1 heteroatoms. The van der Waals surface area contributed by atoms with Gasteiger partial charge in [-0.3, -0.25) is 0 Å².